The third-order valence-corrected chi connectivity index (χ3v) is 7.97. The van der Waals surface area contributed by atoms with Crippen LogP contribution in [0, 0.1) is 0 Å². The van der Waals surface area contributed by atoms with Crippen molar-refractivity contribution in [3.63, 3.8) is 0 Å². The summed E-state index contributed by atoms with van der Waals surface area (Å²) < 4.78 is 27.6. The van der Waals surface area contributed by atoms with Crippen LogP contribution in [0.25, 0.3) is 0 Å². The molecule has 0 bridgehead atoms. The number of aromatic hydroxyl groups is 1. The lowest BCUT2D eigenvalue weighted by Gasteiger charge is -2.40. The molecule has 5 rings (SSSR count). The van der Waals surface area contributed by atoms with Gasteiger partial charge in [0.15, 0.2) is 17.7 Å². The Bertz CT molecular complexity index is 1570. The number of hydrogen-bond acceptors (Lipinski definition) is 12. The summed E-state index contributed by atoms with van der Waals surface area (Å²) in [5, 5.41) is 11.5. The van der Waals surface area contributed by atoms with Gasteiger partial charge in [-0.15, -0.1) is 0 Å². The Hall–Kier alpha value is -4.58. The lowest BCUT2D eigenvalue weighted by atomic mass is 9.75. The number of carbonyl (C=O) groups excluding carboxylic acids is 6. The molecular weight excluding hydrogens is 576 g/mol. The van der Waals surface area contributed by atoms with E-state index in [0.717, 1.165) is 12.0 Å². The third-order valence-electron chi connectivity index (χ3n) is 7.97. The highest BCUT2D eigenvalue weighted by Gasteiger charge is 2.46. The molecule has 5 atom stereocenters. The van der Waals surface area contributed by atoms with E-state index in [9.17, 15) is 33.9 Å². The van der Waals surface area contributed by atoms with Gasteiger partial charge in [0.25, 0.3) is 0 Å². The molecule has 2 aliphatic carbocycles. The predicted molar refractivity (Wildman–Crippen MR) is 149 cm³/mol. The molecule has 3 aliphatic rings. The molecule has 44 heavy (non-hydrogen) atoms. The fourth-order valence-electron chi connectivity index (χ4n) is 6.31. The molecular formula is C32H32O12. The van der Waals surface area contributed by atoms with Crippen LogP contribution < -0.4 is 0 Å². The largest absolute Gasteiger partial charge is 0.507 e. The van der Waals surface area contributed by atoms with Crippen LogP contribution in [-0.4, -0.2) is 65.5 Å². The molecule has 12 nitrogen and oxygen atoms in total. The van der Waals surface area contributed by atoms with Crippen LogP contribution in [0.3, 0.4) is 0 Å². The molecule has 1 aliphatic heterocycles. The number of aryl methyl sites for hydroxylation is 1. The van der Waals surface area contributed by atoms with Crippen molar-refractivity contribution >= 4 is 35.4 Å². The number of hydrogen-bond donors (Lipinski definition) is 1. The van der Waals surface area contributed by atoms with E-state index in [1.807, 2.05) is 0 Å². The lowest BCUT2D eigenvalue weighted by molar-refractivity contribution is -0.216. The van der Waals surface area contributed by atoms with E-state index in [-0.39, 0.29) is 40.8 Å². The van der Waals surface area contributed by atoms with Gasteiger partial charge in [-0.1, -0.05) is 12.1 Å². The minimum absolute atomic E-state index is 0.0223. The molecule has 1 N–H and O–H groups in total. The molecule has 1 heterocycles. The van der Waals surface area contributed by atoms with E-state index in [1.165, 1.54) is 39.8 Å². The molecule has 1 unspecified atom stereocenters. The SMILES string of the molecule is CC(=O)OC[C@H]1O[C@@H](c2ccc3c(c2O)C(=O)c2ccc4c(c2C3=O)C(OC(C)=O)CCC4)C[C@H](OC(C)=O)[C@@H]1OC(C)=O. The highest BCUT2D eigenvalue weighted by molar-refractivity contribution is 6.30. The van der Waals surface area contributed by atoms with Gasteiger partial charge in [0.05, 0.1) is 11.7 Å². The van der Waals surface area contributed by atoms with Crippen LogP contribution in [0.4, 0.5) is 0 Å². The zero-order chi connectivity index (χ0) is 31.9. The molecule has 0 radical (unpaired) electrons. The molecule has 0 aromatic heterocycles. The van der Waals surface area contributed by atoms with E-state index in [4.69, 9.17) is 23.7 Å². The fourth-order valence-corrected chi connectivity index (χ4v) is 6.31. The van der Waals surface area contributed by atoms with E-state index >= 15 is 0 Å². The second-order valence-electron chi connectivity index (χ2n) is 11.1. The van der Waals surface area contributed by atoms with Gasteiger partial charge in [0.1, 0.15) is 30.7 Å². The number of esters is 4. The summed E-state index contributed by atoms with van der Waals surface area (Å²) in [6.45, 7) is 4.47. The smallest absolute Gasteiger partial charge is 0.303 e. The topological polar surface area (TPSA) is 169 Å². The first kappa shape index (κ1) is 30.9. The monoisotopic (exact) mass is 608 g/mol. The maximum Gasteiger partial charge on any atom is 0.303 e. The van der Waals surface area contributed by atoms with Crippen LogP contribution >= 0.6 is 0 Å². The Labute approximate surface area is 252 Å². The molecule has 1 saturated heterocycles. The van der Waals surface area contributed by atoms with Gasteiger partial charge in [-0.05, 0) is 37.0 Å². The van der Waals surface area contributed by atoms with Crippen molar-refractivity contribution in [1.82, 2.24) is 0 Å². The zero-order valence-electron chi connectivity index (χ0n) is 24.7. The fraction of sp³-hybridized carbons (Fsp3) is 0.438. The minimum atomic E-state index is -1.13. The van der Waals surface area contributed by atoms with Gasteiger partial charge < -0.3 is 28.8 Å². The normalized spacial score (nSPS) is 23.9. The number of fused-ring (bicyclic) bond motifs is 4. The first-order valence-corrected chi connectivity index (χ1v) is 14.3. The number of carbonyl (C=O) groups is 6. The molecule has 0 amide bonds. The lowest BCUT2D eigenvalue weighted by Crippen LogP contribution is -2.51. The molecule has 0 saturated carbocycles. The van der Waals surface area contributed by atoms with Crippen molar-refractivity contribution in [2.75, 3.05) is 6.61 Å². The van der Waals surface area contributed by atoms with Gasteiger partial charge in [-0.2, -0.15) is 0 Å². The van der Waals surface area contributed by atoms with Crippen molar-refractivity contribution < 1.29 is 57.6 Å². The molecule has 2 aromatic carbocycles. The van der Waals surface area contributed by atoms with Crippen molar-refractivity contribution in [3.05, 3.63) is 63.2 Å². The second kappa shape index (κ2) is 12.2. The van der Waals surface area contributed by atoms with Crippen molar-refractivity contribution in [1.29, 1.82) is 0 Å². The minimum Gasteiger partial charge on any atom is -0.507 e. The van der Waals surface area contributed by atoms with E-state index in [2.05, 4.69) is 0 Å². The summed E-state index contributed by atoms with van der Waals surface area (Å²) in [4.78, 5) is 75.0. The van der Waals surface area contributed by atoms with E-state index < -0.39 is 71.7 Å². The highest BCUT2D eigenvalue weighted by Crippen LogP contribution is 2.45. The number of ether oxygens (including phenoxy) is 5. The van der Waals surface area contributed by atoms with Crippen LogP contribution in [-0.2, 0) is 49.3 Å². The molecule has 0 spiro atoms. The summed E-state index contributed by atoms with van der Waals surface area (Å²) in [5.74, 6) is -4.05. The summed E-state index contributed by atoms with van der Waals surface area (Å²) in [6.07, 6.45) is -3.13. The molecule has 1 fully saturated rings. The Kier molecular flexibility index (Phi) is 8.55. The van der Waals surface area contributed by atoms with Gasteiger partial charge in [-0.25, -0.2) is 0 Å². The maximum atomic E-state index is 13.9. The Morgan fingerprint density at radius 3 is 2.14 bits per heavy atom. The number of ketones is 2. The Morgan fingerprint density at radius 2 is 1.48 bits per heavy atom. The second-order valence-corrected chi connectivity index (χ2v) is 11.1. The van der Waals surface area contributed by atoms with Gasteiger partial charge in [0.2, 0.25) is 0 Å². The van der Waals surface area contributed by atoms with Crippen LogP contribution in [0.5, 0.6) is 5.75 Å². The molecule has 232 valence electrons. The van der Waals surface area contributed by atoms with E-state index in [0.29, 0.717) is 18.4 Å². The van der Waals surface area contributed by atoms with Gasteiger partial charge in [0, 0.05) is 61.9 Å². The summed E-state index contributed by atoms with van der Waals surface area (Å²) >= 11 is 0. The molecule has 2 aromatic rings. The Balaban J connectivity index is 1.55. The van der Waals surface area contributed by atoms with Gasteiger partial charge >= 0.3 is 23.9 Å². The van der Waals surface area contributed by atoms with Gasteiger partial charge in [-0.3, -0.25) is 28.8 Å². The predicted octanol–water partition coefficient (Wildman–Crippen LogP) is 3.36. The first-order chi connectivity index (χ1) is 20.9. The average molecular weight is 609 g/mol. The van der Waals surface area contributed by atoms with Crippen LogP contribution in [0.15, 0.2) is 24.3 Å². The molecule has 12 heteroatoms. The number of phenolic OH excluding ortho intramolecular Hbond substituents is 1. The zero-order valence-corrected chi connectivity index (χ0v) is 24.7. The number of benzene rings is 2. The quantitative estimate of drug-likeness (QED) is 0.320. The van der Waals surface area contributed by atoms with E-state index in [1.54, 1.807) is 12.1 Å². The standard InChI is InChI=1S/C32H32O12/c1-14(33)40-13-25-32(43-17(4)36)24(42-16(3)35)12-23(44-25)19-10-11-21-28(29(19)37)31(39)20-9-8-18-6-5-7-22(41-15(2)34)26(18)27(20)30(21)38/h8-11,22-25,32,37H,5-7,12-13H2,1-4H3/t22?,23-,24+,25-,32+/m1/s1. The van der Waals surface area contributed by atoms with Crippen molar-refractivity contribution in [2.45, 2.75) is 83.9 Å². The summed E-state index contributed by atoms with van der Waals surface area (Å²) in [6, 6.07) is 6.14. The third kappa shape index (κ3) is 5.81. The average Bonchev–Trinajstić information content (AvgIpc) is 2.94. The number of rotatable bonds is 6. The first-order valence-electron chi connectivity index (χ1n) is 14.3. The van der Waals surface area contributed by atoms with Crippen LogP contribution in [0.1, 0.15) is 108 Å². The summed E-state index contributed by atoms with van der Waals surface area (Å²) in [7, 11) is 0. The number of phenols is 1. The highest BCUT2D eigenvalue weighted by atomic mass is 16.6. The summed E-state index contributed by atoms with van der Waals surface area (Å²) in [5.41, 5.74) is 1.46. The van der Waals surface area contributed by atoms with Crippen LogP contribution in [0.2, 0.25) is 0 Å². The van der Waals surface area contributed by atoms with Crippen molar-refractivity contribution in [3.8, 4) is 5.75 Å². The maximum absolute atomic E-state index is 13.9. The van der Waals surface area contributed by atoms with Crippen molar-refractivity contribution in [2.24, 2.45) is 0 Å². The Morgan fingerprint density at radius 1 is 0.841 bits per heavy atom.